The van der Waals surface area contributed by atoms with Crippen LogP contribution >= 0.6 is 0 Å². The van der Waals surface area contributed by atoms with E-state index in [4.69, 9.17) is 0 Å². The summed E-state index contributed by atoms with van der Waals surface area (Å²) in [6.45, 7) is 4.37. The van der Waals surface area contributed by atoms with E-state index >= 15 is 0 Å². The molecular weight excluding hydrogens is 320 g/mol. The van der Waals surface area contributed by atoms with Gasteiger partial charge in [-0.1, -0.05) is 62.6 Å². The molecule has 0 fully saturated rings. The molecule has 1 aliphatic heterocycles. The molecule has 3 rings (SSSR count). The molecule has 3 nitrogen and oxygen atoms in total. The molecule has 2 aromatic carbocycles. The number of carbonyl (C=O) groups excluding carboxylic acids is 1. The van der Waals surface area contributed by atoms with Crippen LogP contribution in [0.2, 0.25) is 0 Å². The number of hydrogen-bond acceptors (Lipinski definition) is 2. The highest BCUT2D eigenvalue weighted by molar-refractivity contribution is 5.95. The average molecular weight is 351 g/mol. The molecule has 2 atom stereocenters. The van der Waals surface area contributed by atoms with Crippen molar-refractivity contribution in [2.75, 3.05) is 10.2 Å². The summed E-state index contributed by atoms with van der Waals surface area (Å²) in [5.74, 6) is 0.263. The standard InChI is InChI=1S/C23H30N2O/c1-3-4-5-9-16-23(26)25-18(2)17-21(20-14-10-11-15-22(20)25)24-19-12-7-6-8-13-19/h6-8,10-15,18,21,24H,3-5,9,16-17H2,1-2H3/t18-,21-/m0/s1. The topological polar surface area (TPSA) is 32.3 Å². The summed E-state index contributed by atoms with van der Waals surface area (Å²) in [6, 6.07) is 19.1. The lowest BCUT2D eigenvalue weighted by molar-refractivity contribution is -0.119. The van der Waals surface area contributed by atoms with Crippen LogP contribution in [0, 0.1) is 0 Å². The van der Waals surface area contributed by atoms with Crippen LogP contribution in [0.5, 0.6) is 0 Å². The number of fused-ring (bicyclic) bond motifs is 1. The Morgan fingerprint density at radius 2 is 1.77 bits per heavy atom. The molecule has 0 aromatic heterocycles. The number of amides is 1. The predicted molar refractivity (Wildman–Crippen MR) is 110 cm³/mol. The third-order valence-corrected chi connectivity index (χ3v) is 5.22. The summed E-state index contributed by atoms with van der Waals surface area (Å²) in [7, 11) is 0. The van der Waals surface area contributed by atoms with Crippen molar-refractivity contribution in [2.45, 2.75) is 64.5 Å². The molecule has 3 heteroatoms. The number of anilines is 2. The third kappa shape index (κ3) is 4.27. The normalized spacial score (nSPS) is 19.1. The van der Waals surface area contributed by atoms with Crippen LogP contribution in [0.4, 0.5) is 11.4 Å². The summed E-state index contributed by atoms with van der Waals surface area (Å²) in [4.78, 5) is 14.9. The summed E-state index contributed by atoms with van der Waals surface area (Å²) < 4.78 is 0. The minimum atomic E-state index is 0.199. The zero-order valence-corrected chi connectivity index (χ0v) is 15.9. The van der Waals surface area contributed by atoms with Gasteiger partial charge in [-0.05, 0) is 43.5 Å². The maximum atomic E-state index is 12.9. The van der Waals surface area contributed by atoms with E-state index in [9.17, 15) is 4.79 Å². The Kier molecular flexibility index (Phi) is 6.32. The fraction of sp³-hybridized carbons (Fsp3) is 0.435. The van der Waals surface area contributed by atoms with Crippen LogP contribution in [-0.2, 0) is 4.79 Å². The first-order chi connectivity index (χ1) is 12.7. The molecule has 0 aliphatic carbocycles. The summed E-state index contributed by atoms with van der Waals surface area (Å²) in [5.41, 5.74) is 3.41. The molecular formula is C23H30N2O. The van der Waals surface area contributed by atoms with Crippen LogP contribution < -0.4 is 10.2 Å². The fourth-order valence-electron chi connectivity index (χ4n) is 3.89. The van der Waals surface area contributed by atoms with E-state index in [1.54, 1.807) is 0 Å². The Morgan fingerprint density at radius 3 is 2.54 bits per heavy atom. The summed E-state index contributed by atoms with van der Waals surface area (Å²) in [6.07, 6.45) is 6.11. The minimum absolute atomic E-state index is 0.199. The minimum Gasteiger partial charge on any atom is -0.378 e. The van der Waals surface area contributed by atoms with Crippen molar-refractivity contribution in [3.05, 3.63) is 60.2 Å². The van der Waals surface area contributed by atoms with E-state index in [-0.39, 0.29) is 18.0 Å². The Bertz CT molecular complexity index is 713. The van der Waals surface area contributed by atoms with Crippen LogP contribution in [0.3, 0.4) is 0 Å². The van der Waals surface area contributed by atoms with Gasteiger partial charge in [0, 0.05) is 23.8 Å². The van der Waals surface area contributed by atoms with Gasteiger partial charge in [-0.15, -0.1) is 0 Å². The van der Waals surface area contributed by atoms with E-state index in [2.05, 4.69) is 49.5 Å². The van der Waals surface area contributed by atoms with Gasteiger partial charge in [-0.2, -0.15) is 0 Å². The second-order valence-electron chi connectivity index (χ2n) is 7.28. The van der Waals surface area contributed by atoms with Crippen LogP contribution in [-0.4, -0.2) is 11.9 Å². The number of nitrogens with one attached hydrogen (secondary N) is 1. The molecule has 26 heavy (non-hydrogen) atoms. The van der Waals surface area contributed by atoms with Crippen molar-refractivity contribution < 1.29 is 4.79 Å². The fourth-order valence-corrected chi connectivity index (χ4v) is 3.89. The maximum absolute atomic E-state index is 12.9. The Balaban J connectivity index is 1.78. The number of carbonyl (C=O) groups is 1. The van der Waals surface area contributed by atoms with Crippen molar-refractivity contribution in [3.8, 4) is 0 Å². The molecule has 1 amide bonds. The zero-order valence-electron chi connectivity index (χ0n) is 15.9. The van der Waals surface area contributed by atoms with Crippen molar-refractivity contribution >= 4 is 17.3 Å². The number of unbranched alkanes of at least 4 members (excludes halogenated alkanes) is 3. The number of benzene rings is 2. The molecule has 0 radical (unpaired) electrons. The molecule has 0 unspecified atom stereocenters. The lowest BCUT2D eigenvalue weighted by Gasteiger charge is -2.40. The quantitative estimate of drug-likeness (QED) is 0.627. The van der Waals surface area contributed by atoms with Gasteiger partial charge in [0.25, 0.3) is 0 Å². The van der Waals surface area contributed by atoms with Gasteiger partial charge in [-0.25, -0.2) is 0 Å². The van der Waals surface area contributed by atoms with E-state index < -0.39 is 0 Å². The highest BCUT2D eigenvalue weighted by Crippen LogP contribution is 2.39. The molecule has 0 saturated carbocycles. The summed E-state index contributed by atoms with van der Waals surface area (Å²) in [5, 5.41) is 3.65. The van der Waals surface area contributed by atoms with Crippen molar-refractivity contribution in [3.63, 3.8) is 0 Å². The second-order valence-corrected chi connectivity index (χ2v) is 7.28. The Hall–Kier alpha value is -2.29. The molecule has 0 spiro atoms. The molecule has 1 heterocycles. The molecule has 1 N–H and O–H groups in total. The first kappa shape index (κ1) is 18.5. The van der Waals surface area contributed by atoms with Gasteiger partial charge in [-0.3, -0.25) is 4.79 Å². The second kappa shape index (κ2) is 8.88. The van der Waals surface area contributed by atoms with Gasteiger partial charge in [0.15, 0.2) is 0 Å². The number of nitrogens with zero attached hydrogens (tertiary/aromatic N) is 1. The molecule has 1 aliphatic rings. The van der Waals surface area contributed by atoms with E-state index in [1.165, 1.54) is 18.4 Å². The highest BCUT2D eigenvalue weighted by Gasteiger charge is 2.33. The smallest absolute Gasteiger partial charge is 0.227 e. The molecule has 2 aromatic rings. The molecule has 0 saturated heterocycles. The van der Waals surface area contributed by atoms with Crippen LogP contribution in [0.25, 0.3) is 0 Å². The molecule has 138 valence electrons. The maximum Gasteiger partial charge on any atom is 0.227 e. The zero-order chi connectivity index (χ0) is 18.4. The largest absolute Gasteiger partial charge is 0.378 e. The lowest BCUT2D eigenvalue weighted by Crippen LogP contribution is -2.44. The first-order valence-corrected chi connectivity index (χ1v) is 9.93. The van der Waals surface area contributed by atoms with Gasteiger partial charge in [0.05, 0.1) is 6.04 Å². The van der Waals surface area contributed by atoms with Gasteiger partial charge in [0.2, 0.25) is 5.91 Å². The number of hydrogen-bond donors (Lipinski definition) is 1. The van der Waals surface area contributed by atoms with E-state index in [1.807, 2.05) is 29.2 Å². The average Bonchev–Trinajstić information content (AvgIpc) is 2.66. The van der Waals surface area contributed by atoms with Crippen molar-refractivity contribution in [2.24, 2.45) is 0 Å². The van der Waals surface area contributed by atoms with Crippen molar-refractivity contribution in [1.82, 2.24) is 0 Å². The predicted octanol–water partition coefficient (Wildman–Crippen LogP) is 5.94. The van der Waals surface area contributed by atoms with E-state index in [0.29, 0.717) is 6.42 Å². The highest BCUT2D eigenvalue weighted by atomic mass is 16.2. The van der Waals surface area contributed by atoms with Crippen molar-refractivity contribution in [1.29, 1.82) is 0 Å². The first-order valence-electron chi connectivity index (χ1n) is 9.93. The number of rotatable bonds is 7. The Labute approximate surface area is 157 Å². The summed E-state index contributed by atoms with van der Waals surface area (Å²) >= 11 is 0. The van der Waals surface area contributed by atoms with Crippen LogP contribution in [0.15, 0.2) is 54.6 Å². The SMILES string of the molecule is CCCCCCC(=O)N1c2ccccc2[C@@H](Nc2ccccc2)C[C@@H]1C. The number of para-hydroxylation sites is 2. The van der Waals surface area contributed by atoms with Gasteiger partial charge < -0.3 is 10.2 Å². The van der Waals surface area contributed by atoms with Gasteiger partial charge >= 0.3 is 0 Å². The van der Waals surface area contributed by atoms with E-state index in [0.717, 1.165) is 30.6 Å². The lowest BCUT2D eigenvalue weighted by atomic mass is 9.91. The monoisotopic (exact) mass is 350 g/mol. The third-order valence-electron chi connectivity index (χ3n) is 5.22. The molecule has 0 bridgehead atoms. The Morgan fingerprint density at radius 1 is 1.04 bits per heavy atom. The van der Waals surface area contributed by atoms with Crippen LogP contribution in [0.1, 0.15) is 64.0 Å². The van der Waals surface area contributed by atoms with Gasteiger partial charge in [0.1, 0.15) is 0 Å².